The van der Waals surface area contributed by atoms with Crippen LogP contribution >= 0.6 is 11.6 Å². The van der Waals surface area contributed by atoms with Crippen LogP contribution in [0.3, 0.4) is 0 Å². The van der Waals surface area contributed by atoms with Crippen LogP contribution in [0.2, 0.25) is 5.02 Å². The Morgan fingerprint density at radius 3 is 2.71 bits per heavy atom. The molecule has 0 radical (unpaired) electrons. The molecule has 116 valence electrons. The van der Waals surface area contributed by atoms with Gasteiger partial charge < -0.3 is 14.8 Å². The Hall–Kier alpha value is -1.75. The molecular formula is C15H20ClNO4. The van der Waals surface area contributed by atoms with Gasteiger partial charge in [-0.2, -0.15) is 0 Å². The standard InChI is InChI=1S/C15H20ClNO4/c1-3-20-14(18)9-6-10-17-15(19)11(2)21-13-8-5-4-7-12(13)16/h4-5,7-8,11H,3,6,9-10H2,1-2H3,(H,17,19). The molecule has 1 aromatic carbocycles. The molecule has 1 unspecified atom stereocenters. The van der Waals surface area contributed by atoms with Gasteiger partial charge in [0.05, 0.1) is 11.6 Å². The highest BCUT2D eigenvalue weighted by Gasteiger charge is 2.15. The number of nitrogens with one attached hydrogen (secondary N) is 1. The number of halogens is 1. The van der Waals surface area contributed by atoms with E-state index in [2.05, 4.69) is 5.32 Å². The Labute approximate surface area is 129 Å². The summed E-state index contributed by atoms with van der Waals surface area (Å²) in [5, 5.41) is 3.16. The summed E-state index contributed by atoms with van der Waals surface area (Å²) in [6.07, 6.45) is 0.157. The normalized spacial score (nSPS) is 11.6. The molecule has 1 N–H and O–H groups in total. The van der Waals surface area contributed by atoms with Crippen LogP contribution in [0.5, 0.6) is 5.75 Å². The minimum absolute atomic E-state index is 0.251. The van der Waals surface area contributed by atoms with Crippen LogP contribution in [0.15, 0.2) is 24.3 Å². The molecule has 21 heavy (non-hydrogen) atoms. The summed E-state index contributed by atoms with van der Waals surface area (Å²) in [6, 6.07) is 6.97. The molecule has 1 amide bonds. The van der Waals surface area contributed by atoms with Gasteiger partial charge in [-0.3, -0.25) is 9.59 Å². The first-order valence-electron chi connectivity index (χ1n) is 6.89. The second-order valence-corrected chi connectivity index (χ2v) is 4.80. The van der Waals surface area contributed by atoms with Crippen molar-refractivity contribution < 1.29 is 19.1 Å². The Morgan fingerprint density at radius 1 is 1.33 bits per heavy atom. The first-order valence-corrected chi connectivity index (χ1v) is 7.27. The molecule has 0 aromatic heterocycles. The zero-order chi connectivity index (χ0) is 15.7. The molecule has 0 saturated carbocycles. The van der Waals surface area contributed by atoms with Gasteiger partial charge in [0.2, 0.25) is 0 Å². The van der Waals surface area contributed by atoms with E-state index in [-0.39, 0.29) is 18.3 Å². The summed E-state index contributed by atoms with van der Waals surface area (Å²) in [7, 11) is 0. The fourth-order valence-corrected chi connectivity index (χ4v) is 1.79. The molecule has 0 aliphatic heterocycles. The number of carbonyl (C=O) groups excluding carboxylic acids is 2. The van der Waals surface area contributed by atoms with E-state index in [0.717, 1.165) is 0 Å². The van der Waals surface area contributed by atoms with E-state index in [9.17, 15) is 9.59 Å². The van der Waals surface area contributed by atoms with Gasteiger partial charge in [0.15, 0.2) is 6.10 Å². The van der Waals surface area contributed by atoms with Gasteiger partial charge in [0.25, 0.3) is 5.91 Å². The van der Waals surface area contributed by atoms with Gasteiger partial charge in [-0.1, -0.05) is 23.7 Å². The number of amides is 1. The Kier molecular flexibility index (Phi) is 7.61. The van der Waals surface area contributed by atoms with Crippen LogP contribution < -0.4 is 10.1 Å². The summed E-state index contributed by atoms with van der Waals surface area (Å²) >= 11 is 5.96. The Morgan fingerprint density at radius 2 is 2.05 bits per heavy atom. The summed E-state index contributed by atoms with van der Waals surface area (Å²) in [6.45, 7) is 4.17. The Balaban J connectivity index is 2.29. The molecular weight excluding hydrogens is 294 g/mol. The maximum absolute atomic E-state index is 11.8. The van der Waals surface area contributed by atoms with Gasteiger partial charge in [0.1, 0.15) is 5.75 Å². The molecule has 5 nitrogen and oxygen atoms in total. The van der Waals surface area contributed by atoms with Gasteiger partial charge in [-0.05, 0) is 32.4 Å². The lowest BCUT2D eigenvalue weighted by Crippen LogP contribution is -2.37. The zero-order valence-electron chi connectivity index (χ0n) is 12.2. The highest BCUT2D eigenvalue weighted by Crippen LogP contribution is 2.24. The number of esters is 1. The van der Waals surface area contributed by atoms with Crippen LogP contribution in [0.4, 0.5) is 0 Å². The van der Waals surface area contributed by atoms with Crippen molar-refractivity contribution >= 4 is 23.5 Å². The van der Waals surface area contributed by atoms with Crippen molar-refractivity contribution in [1.29, 1.82) is 0 Å². The smallest absolute Gasteiger partial charge is 0.305 e. The van der Waals surface area contributed by atoms with Crippen LogP contribution in [0, 0.1) is 0 Å². The average Bonchev–Trinajstić information content (AvgIpc) is 2.46. The third-order valence-electron chi connectivity index (χ3n) is 2.67. The number of rotatable bonds is 8. The third-order valence-corrected chi connectivity index (χ3v) is 2.98. The van der Waals surface area contributed by atoms with E-state index in [1.807, 2.05) is 0 Å². The first-order chi connectivity index (χ1) is 10.0. The second kappa shape index (κ2) is 9.23. The van der Waals surface area contributed by atoms with Crippen molar-refractivity contribution in [3.63, 3.8) is 0 Å². The molecule has 0 bridgehead atoms. The van der Waals surface area contributed by atoms with E-state index < -0.39 is 6.10 Å². The molecule has 1 aromatic rings. The third kappa shape index (κ3) is 6.49. The maximum atomic E-state index is 11.8. The van der Waals surface area contributed by atoms with E-state index in [1.54, 1.807) is 38.1 Å². The monoisotopic (exact) mass is 313 g/mol. The van der Waals surface area contributed by atoms with Crippen molar-refractivity contribution in [1.82, 2.24) is 5.32 Å². The van der Waals surface area contributed by atoms with Crippen LogP contribution in [0.1, 0.15) is 26.7 Å². The lowest BCUT2D eigenvalue weighted by atomic mass is 10.3. The fourth-order valence-electron chi connectivity index (χ4n) is 1.61. The predicted molar refractivity (Wildman–Crippen MR) is 80.4 cm³/mol. The number of hydrogen-bond acceptors (Lipinski definition) is 4. The van der Waals surface area contributed by atoms with Gasteiger partial charge in [0, 0.05) is 13.0 Å². The first kappa shape index (κ1) is 17.3. The van der Waals surface area contributed by atoms with E-state index in [4.69, 9.17) is 21.1 Å². The van der Waals surface area contributed by atoms with E-state index in [0.29, 0.717) is 30.3 Å². The van der Waals surface area contributed by atoms with Crippen LogP contribution in [-0.2, 0) is 14.3 Å². The number of ether oxygens (including phenoxy) is 2. The summed E-state index contributed by atoms with van der Waals surface area (Å²) in [4.78, 5) is 23.0. The van der Waals surface area contributed by atoms with Crippen molar-refractivity contribution in [2.75, 3.05) is 13.2 Å². The molecule has 0 aliphatic rings. The number of benzene rings is 1. The SMILES string of the molecule is CCOC(=O)CCCNC(=O)C(C)Oc1ccccc1Cl. The minimum atomic E-state index is -0.660. The fraction of sp³-hybridized carbons (Fsp3) is 0.467. The molecule has 0 saturated heterocycles. The molecule has 0 spiro atoms. The zero-order valence-corrected chi connectivity index (χ0v) is 13.0. The molecule has 6 heteroatoms. The predicted octanol–water partition coefficient (Wildman–Crippen LogP) is 2.57. The number of hydrogen-bond donors (Lipinski definition) is 1. The van der Waals surface area contributed by atoms with Crippen molar-refractivity contribution in [3.8, 4) is 5.75 Å². The summed E-state index contributed by atoms with van der Waals surface area (Å²) in [5.41, 5.74) is 0. The van der Waals surface area contributed by atoms with Gasteiger partial charge in [-0.15, -0.1) is 0 Å². The topological polar surface area (TPSA) is 64.6 Å². The average molecular weight is 314 g/mol. The molecule has 1 rings (SSSR count). The van der Waals surface area contributed by atoms with Gasteiger partial charge >= 0.3 is 5.97 Å². The number of carbonyl (C=O) groups is 2. The van der Waals surface area contributed by atoms with Crippen molar-refractivity contribution in [2.45, 2.75) is 32.8 Å². The molecule has 0 aliphatic carbocycles. The molecule has 0 fully saturated rings. The maximum Gasteiger partial charge on any atom is 0.305 e. The minimum Gasteiger partial charge on any atom is -0.479 e. The van der Waals surface area contributed by atoms with Crippen molar-refractivity contribution in [2.24, 2.45) is 0 Å². The molecule has 0 heterocycles. The Bertz CT molecular complexity index is 478. The number of para-hydroxylation sites is 1. The quantitative estimate of drug-likeness (QED) is 0.592. The van der Waals surface area contributed by atoms with Crippen LogP contribution in [0.25, 0.3) is 0 Å². The second-order valence-electron chi connectivity index (χ2n) is 4.39. The van der Waals surface area contributed by atoms with Crippen LogP contribution in [-0.4, -0.2) is 31.1 Å². The van der Waals surface area contributed by atoms with Crippen molar-refractivity contribution in [3.05, 3.63) is 29.3 Å². The van der Waals surface area contributed by atoms with E-state index in [1.165, 1.54) is 0 Å². The summed E-state index contributed by atoms with van der Waals surface area (Å²) < 4.78 is 10.3. The highest BCUT2D eigenvalue weighted by atomic mass is 35.5. The van der Waals surface area contributed by atoms with E-state index >= 15 is 0 Å². The largest absolute Gasteiger partial charge is 0.479 e. The molecule has 1 atom stereocenters. The summed E-state index contributed by atoms with van der Waals surface area (Å²) in [5.74, 6) is -0.0424. The lowest BCUT2D eigenvalue weighted by molar-refractivity contribution is -0.143. The highest BCUT2D eigenvalue weighted by molar-refractivity contribution is 6.32. The van der Waals surface area contributed by atoms with Gasteiger partial charge in [-0.25, -0.2) is 0 Å². The lowest BCUT2D eigenvalue weighted by Gasteiger charge is -2.15.